The van der Waals surface area contributed by atoms with E-state index in [9.17, 15) is 17.6 Å². The third kappa shape index (κ3) is 4.12. The Labute approximate surface area is 136 Å². The first-order valence-corrected chi connectivity index (χ1v) is 7.69. The molecular formula is C16H16F4N4. The van der Waals surface area contributed by atoms with Crippen LogP contribution in [-0.4, -0.2) is 22.1 Å². The molecule has 0 unspecified atom stereocenters. The molecule has 2 heterocycles. The summed E-state index contributed by atoms with van der Waals surface area (Å²) in [6.45, 7) is 0. The standard InChI is InChI=1S/C16H16F4N4/c17-9-5-13(18)24-16(6-9)22-12-4-2-1-3-11(12)21-10-7-14(19)23-15(20)8-10/h5-8,11-12H,1-4H2,(H,21,23)(H,22,24)/t11-,12-/m1/s1. The molecule has 8 heteroatoms. The first-order chi connectivity index (χ1) is 11.5. The zero-order chi connectivity index (χ0) is 17.1. The van der Waals surface area contributed by atoms with E-state index in [-0.39, 0.29) is 23.6 Å². The zero-order valence-corrected chi connectivity index (χ0v) is 12.7. The molecule has 0 spiro atoms. The van der Waals surface area contributed by atoms with Gasteiger partial charge in [0.15, 0.2) is 0 Å². The lowest BCUT2D eigenvalue weighted by molar-refractivity contribution is 0.421. The van der Waals surface area contributed by atoms with Crippen LogP contribution in [0.3, 0.4) is 0 Å². The molecule has 1 fully saturated rings. The lowest BCUT2D eigenvalue weighted by Gasteiger charge is -2.33. The molecule has 1 saturated carbocycles. The number of rotatable bonds is 4. The molecule has 3 rings (SSSR count). The van der Waals surface area contributed by atoms with Crippen LogP contribution in [0, 0.1) is 23.7 Å². The molecule has 2 aromatic rings. The fraction of sp³-hybridized carbons (Fsp3) is 0.375. The van der Waals surface area contributed by atoms with Gasteiger partial charge >= 0.3 is 0 Å². The topological polar surface area (TPSA) is 49.8 Å². The minimum atomic E-state index is -0.910. The Morgan fingerprint density at radius 2 is 1.33 bits per heavy atom. The molecule has 0 aromatic carbocycles. The van der Waals surface area contributed by atoms with Crippen molar-refractivity contribution in [2.24, 2.45) is 0 Å². The molecule has 2 atom stereocenters. The minimum Gasteiger partial charge on any atom is -0.380 e. The van der Waals surface area contributed by atoms with E-state index in [2.05, 4.69) is 20.6 Å². The molecule has 1 aliphatic rings. The fourth-order valence-corrected chi connectivity index (χ4v) is 2.97. The van der Waals surface area contributed by atoms with Gasteiger partial charge in [-0.2, -0.15) is 18.2 Å². The summed E-state index contributed by atoms with van der Waals surface area (Å²) >= 11 is 0. The second-order valence-electron chi connectivity index (χ2n) is 5.78. The van der Waals surface area contributed by atoms with E-state index in [4.69, 9.17) is 0 Å². The Bertz CT molecular complexity index is 623. The summed E-state index contributed by atoms with van der Waals surface area (Å²) in [5, 5.41) is 6.07. The Kier molecular flexibility index (Phi) is 4.82. The summed E-state index contributed by atoms with van der Waals surface area (Å²) in [5.74, 6) is -3.35. The molecule has 128 valence electrons. The van der Waals surface area contributed by atoms with E-state index >= 15 is 0 Å². The van der Waals surface area contributed by atoms with Crippen molar-refractivity contribution in [2.45, 2.75) is 37.8 Å². The van der Waals surface area contributed by atoms with E-state index < -0.39 is 23.7 Å². The van der Waals surface area contributed by atoms with E-state index in [0.29, 0.717) is 6.07 Å². The summed E-state index contributed by atoms with van der Waals surface area (Å²) in [4.78, 5) is 6.67. The van der Waals surface area contributed by atoms with Gasteiger partial charge in [-0.15, -0.1) is 0 Å². The lowest BCUT2D eigenvalue weighted by atomic mass is 9.90. The van der Waals surface area contributed by atoms with Gasteiger partial charge < -0.3 is 10.6 Å². The molecule has 24 heavy (non-hydrogen) atoms. The van der Waals surface area contributed by atoms with Gasteiger partial charge in [0, 0.05) is 42.0 Å². The van der Waals surface area contributed by atoms with E-state index in [0.717, 1.165) is 43.9 Å². The maximum absolute atomic E-state index is 13.3. The number of anilines is 2. The van der Waals surface area contributed by atoms with Crippen molar-refractivity contribution in [3.05, 3.63) is 47.9 Å². The van der Waals surface area contributed by atoms with Crippen molar-refractivity contribution in [1.29, 1.82) is 0 Å². The van der Waals surface area contributed by atoms with E-state index in [1.807, 2.05) is 0 Å². The third-order valence-electron chi connectivity index (χ3n) is 3.97. The van der Waals surface area contributed by atoms with Crippen molar-refractivity contribution < 1.29 is 17.6 Å². The van der Waals surface area contributed by atoms with Crippen LogP contribution >= 0.6 is 0 Å². The van der Waals surface area contributed by atoms with Gasteiger partial charge in [0.05, 0.1) is 0 Å². The van der Waals surface area contributed by atoms with Crippen LogP contribution < -0.4 is 10.6 Å². The molecule has 2 aromatic heterocycles. The summed E-state index contributed by atoms with van der Waals surface area (Å²) < 4.78 is 52.9. The smallest absolute Gasteiger partial charge is 0.217 e. The number of halogens is 4. The van der Waals surface area contributed by atoms with Crippen LogP contribution in [0.15, 0.2) is 24.3 Å². The Balaban J connectivity index is 1.75. The van der Waals surface area contributed by atoms with Gasteiger partial charge in [-0.25, -0.2) is 9.37 Å². The molecular weight excluding hydrogens is 324 g/mol. The summed E-state index contributed by atoms with van der Waals surface area (Å²) in [5.41, 5.74) is 0.275. The van der Waals surface area contributed by atoms with Gasteiger partial charge in [0.25, 0.3) is 0 Å². The number of nitrogens with zero attached hydrogens (tertiary/aromatic N) is 2. The molecule has 0 bridgehead atoms. The predicted molar refractivity (Wildman–Crippen MR) is 81.6 cm³/mol. The van der Waals surface area contributed by atoms with Crippen LogP contribution in [0.2, 0.25) is 0 Å². The van der Waals surface area contributed by atoms with Crippen molar-refractivity contribution in [2.75, 3.05) is 10.6 Å². The number of pyridine rings is 2. The average molecular weight is 340 g/mol. The van der Waals surface area contributed by atoms with Crippen LogP contribution in [0.1, 0.15) is 25.7 Å². The van der Waals surface area contributed by atoms with Crippen LogP contribution in [0.4, 0.5) is 29.1 Å². The number of aromatic nitrogens is 2. The molecule has 0 amide bonds. The number of hydrogen-bond acceptors (Lipinski definition) is 4. The molecule has 4 nitrogen and oxygen atoms in total. The minimum absolute atomic E-state index is 0.0956. The van der Waals surface area contributed by atoms with Crippen molar-refractivity contribution in [3.63, 3.8) is 0 Å². The first kappa shape index (κ1) is 16.5. The third-order valence-corrected chi connectivity index (χ3v) is 3.97. The normalized spacial score (nSPS) is 20.7. The maximum atomic E-state index is 13.3. The van der Waals surface area contributed by atoms with Gasteiger partial charge in [0.1, 0.15) is 11.6 Å². The highest BCUT2D eigenvalue weighted by Crippen LogP contribution is 2.25. The molecule has 0 saturated heterocycles. The summed E-state index contributed by atoms with van der Waals surface area (Å²) in [6.07, 6.45) is 3.37. The SMILES string of the molecule is Fc1cc(F)nc(N[C@@H]2CCCC[C@H]2Nc2cc(F)nc(F)c2)c1. The molecule has 1 aliphatic carbocycles. The van der Waals surface area contributed by atoms with Gasteiger partial charge in [-0.05, 0) is 12.8 Å². The van der Waals surface area contributed by atoms with E-state index in [1.165, 1.54) is 0 Å². The van der Waals surface area contributed by atoms with E-state index in [1.54, 1.807) is 0 Å². The highest BCUT2D eigenvalue weighted by Gasteiger charge is 2.26. The van der Waals surface area contributed by atoms with Crippen molar-refractivity contribution in [1.82, 2.24) is 9.97 Å². The lowest BCUT2D eigenvalue weighted by Crippen LogP contribution is -2.42. The predicted octanol–water partition coefficient (Wildman–Crippen LogP) is 3.87. The summed E-state index contributed by atoms with van der Waals surface area (Å²) in [7, 11) is 0. The van der Waals surface area contributed by atoms with Gasteiger partial charge in [-0.1, -0.05) is 12.8 Å². The van der Waals surface area contributed by atoms with Crippen LogP contribution in [0.5, 0.6) is 0 Å². The molecule has 0 aliphatic heterocycles. The van der Waals surface area contributed by atoms with Gasteiger partial charge in [-0.3, -0.25) is 0 Å². The largest absolute Gasteiger partial charge is 0.380 e. The maximum Gasteiger partial charge on any atom is 0.217 e. The van der Waals surface area contributed by atoms with Crippen molar-refractivity contribution in [3.8, 4) is 0 Å². The first-order valence-electron chi connectivity index (χ1n) is 7.69. The Hall–Kier alpha value is -2.38. The zero-order valence-electron chi connectivity index (χ0n) is 12.7. The van der Waals surface area contributed by atoms with Crippen LogP contribution in [-0.2, 0) is 0 Å². The monoisotopic (exact) mass is 340 g/mol. The highest BCUT2D eigenvalue weighted by molar-refractivity contribution is 5.45. The molecule has 2 N–H and O–H groups in total. The number of nitrogens with one attached hydrogen (secondary N) is 2. The highest BCUT2D eigenvalue weighted by atomic mass is 19.1. The molecule has 0 radical (unpaired) electrons. The Morgan fingerprint density at radius 3 is 1.96 bits per heavy atom. The average Bonchev–Trinajstić information content (AvgIpc) is 2.47. The second kappa shape index (κ2) is 7.02. The summed E-state index contributed by atoms with van der Waals surface area (Å²) in [6, 6.07) is 3.69. The second-order valence-corrected chi connectivity index (χ2v) is 5.78. The quantitative estimate of drug-likeness (QED) is 0.655. The fourth-order valence-electron chi connectivity index (χ4n) is 2.97. The Morgan fingerprint density at radius 1 is 0.750 bits per heavy atom. The number of hydrogen-bond donors (Lipinski definition) is 2. The van der Waals surface area contributed by atoms with Gasteiger partial charge in [0.2, 0.25) is 17.8 Å². The van der Waals surface area contributed by atoms with Crippen molar-refractivity contribution >= 4 is 11.5 Å². The van der Waals surface area contributed by atoms with Crippen LogP contribution in [0.25, 0.3) is 0 Å².